The number of hydrogen-bond donors (Lipinski definition) is 1. The van der Waals surface area contributed by atoms with Crippen molar-refractivity contribution in [1.82, 2.24) is 9.47 Å². The van der Waals surface area contributed by atoms with E-state index in [1.165, 1.54) is 11.1 Å². The van der Waals surface area contributed by atoms with Gasteiger partial charge in [-0.1, -0.05) is 26.5 Å². The predicted molar refractivity (Wildman–Crippen MR) is 106 cm³/mol. The van der Waals surface area contributed by atoms with Crippen LogP contribution in [0.2, 0.25) is 0 Å². The lowest BCUT2D eigenvalue weighted by Crippen LogP contribution is -2.38. The van der Waals surface area contributed by atoms with E-state index in [4.69, 9.17) is 9.47 Å². The molecule has 1 fully saturated rings. The van der Waals surface area contributed by atoms with Gasteiger partial charge in [0.25, 0.3) is 0 Å². The van der Waals surface area contributed by atoms with Gasteiger partial charge in [-0.25, -0.2) is 0 Å². The maximum Gasteiger partial charge on any atom is 0.132 e. The van der Waals surface area contributed by atoms with Crippen LogP contribution in [0.4, 0.5) is 0 Å². The standard InChI is InChI=1S/C21H30N2O3/c1-15(2)19-12-17(14-26-10-7-23-5-8-25-9-6-23)11-18-13-20(16(3)24)22(4)21(18)19/h11-13,15,24H,3,5-10,14H2,1-2,4H3. The number of ether oxygens (including phenoxy) is 2. The van der Waals surface area contributed by atoms with Crippen molar-refractivity contribution < 1.29 is 14.6 Å². The lowest BCUT2D eigenvalue weighted by Gasteiger charge is -2.26. The molecule has 5 nitrogen and oxygen atoms in total. The van der Waals surface area contributed by atoms with Crippen LogP contribution in [0, 0.1) is 0 Å². The third-order valence-corrected chi connectivity index (χ3v) is 5.06. The summed E-state index contributed by atoms with van der Waals surface area (Å²) in [5, 5.41) is 11.0. The third kappa shape index (κ3) is 4.11. The highest BCUT2D eigenvalue weighted by Crippen LogP contribution is 2.31. The van der Waals surface area contributed by atoms with Crippen molar-refractivity contribution in [1.29, 1.82) is 0 Å². The Labute approximate surface area is 155 Å². The molecule has 0 aliphatic carbocycles. The molecule has 142 valence electrons. The van der Waals surface area contributed by atoms with Crippen LogP contribution in [0.1, 0.15) is 36.6 Å². The molecule has 1 saturated heterocycles. The summed E-state index contributed by atoms with van der Waals surface area (Å²) in [5.41, 5.74) is 4.35. The highest BCUT2D eigenvalue weighted by Gasteiger charge is 2.15. The van der Waals surface area contributed by atoms with Crippen LogP contribution in [0.25, 0.3) is 16.7 Å². The van der Waals surface area contributed by atoms with E-state index < -0.39 is 0 Å². The Morgan fingerprint density at radius 2 is 2.00 bits per heavy atom. The molecule has 0 amide bonds. The minimum absolute atomic E-state index is 0.0988. The molecule has 2 aromatic rings. The van der Waals surface area contributed by atoms with Gasteiger partial charge in [0.1, 0.15) is 5.76 Å². The number of fused-ring (bicyclic) bond motifs is 1. The maximum atomic E-state index is 9.85. The minimum atomic E-state index is 0.0988. The molecule has 1 aliphatic heterocycles. The fourth-order valence-electron chi connectivity index (χ4n) is 3.62. The van der Waals surface area contributed by atoms with E-state index in [0.717, 1.165) is 56.1 Å². The minimum Gasteiger partial charge on any atom is -0.506 e. The van der Waals surface area contributed by atoms with Crippen LogP contribution in [-0.2, 0) is 23.1 Å². The van der Waals surface area contributed by atoms with Crippen molar-refractivity contribution >= 4 is 16.7 Å². The Balaban J connectivity index is 1.73. The van der Waals surface area contributed by atoms with Gasteiger partial charge in [-0.15, -0.1) is 0 Å². The molecular weight excluding hydrogens is 328 g/mol. The topological polar surface area (TPSA) is 46.9 Å². The number of hydrogen-bond acceptors (Lipinski definition) is 4. The van der Waals surface area contributed by atoms with Gasteiger partial charge >= 0.3 is 0 Å². The lowest BCUT2D eigenvalue weighted by molar-refractivity contribution is 0.0180. The van der Waals surface area contributed by atoms with Gasteiger partial charge in [0, 0.05) is 32.1 Å². The lowest BCUT2D eigenvalue weighted by atomic mass is 9.98. The monoisotopic (exact) mass is 358 g/mol. The van der Waals surface area contributed by atoms with Crippen molar-refractivity contribution in [2.45, 2.75) is 26.4 Å². The van der Waals surface area contributed by atoms with Crippen molar-refractivity contribution in [2.24, 2.45) is 7.05 Å². The number of aryl methyl sites for hydroxylation is 1. The zero-order valence-corrected chi connectivity index (χ0v) is 16.1. The first-order valence-corrected chi connectivity index (χ1v) is 9.35. The summed E-state index contributed by atoms with van der Waals surface area (Å²) in [4.78, 5) is 2.38. The fourth-order valence-corrected chi connectivity index (χ4v) is 3.62. The Morgan fingerprint density at radius 3 is 2.65 bits per heavy atom. The number of morpholine rings is 1. The smallest absolute Gasteiger partial charge is 0.132 e. The molecule has 1 aliphatic rings. The van der Waals surface area contributed by atoms with E-state index in [2.05, 4.69) is 37.5 Å². The van der Waals surface area contributed by atoms with E-state index >= 15 is 0 Å². The van der Waals surface area contributed by atoms with E-state index in [-0.39, 0.29) is 5.76 Å². The second kappa shape index (κ2) is 8.25. The van der Waals surface area contributed by atoms with Crippen molar-refractivity contribution in [3.8, 4) is 0 Å². The molecule has 0 bridgehead atoms. The molecule has 3 rings (SSSR count). The average Bonchev–Trinajstić information content (AvgIpc) is 2.96. The number of aliphatic hydroxyl groups is 1. The van der Waals surface area contributed by atoms with Gasteiger partial charge in [0.15, 0.2) is 0 Å². The molecule has 1 N–H and O–H groups in total. The molecule has 2 heterocycles. The van der Waals surface area contributed by atoms with Gasteiger partial charge in [0.2, 0.25) is 0 Å². The third-order valence-electron chi connectivity index (χ3n) is 5.06. The Kier molecular flexibility index (Phi) is 6.01. The van der Waals surface area contributed by atoms with Gasteiger partial charge < -0.3 is 19.1 Å². The summed E-state index contributed by atoms with van der Waals surface area (Å²) < 4.78 is 13.3. The van der Waals surface area contributed by atoms with E-state index in [1.54, 1.807) is 0 Å². The second-order valence-corrected chi connectivity index (χ2v) is 7.32. The van der Waals surface area contributed by atoms with Crippen molar-refractivity contribution in [2.75, 3.05) is 39.5 Å². The molecule has 0 spiro atoms. The summed E-state index contributed by atoms with van der Waals surface area (Å²) >= 11 is 0. The first-order valence-electron chi connectivity index (χ1n) is 9.35. The van der Waals surface area contributed by atoms with Crippen LogP contribution in [-0.4, -0.2) is 54.0 Å². The van der Waals surface area contributed by atoms with Crippen molar-refractivity contribution in [3.63, 3.8) is 0 Å². The van der Waals surface area contributed by atoms with Crippen LogP contribution in [0.5, 0.6) is 0 Å². The Bertz CT molecular complexity index is 773. The Morgan fingerprint density at radius 1 is 1.27 bits per heavy atom. The van der Waals surface area contributed by atoms with Crippen LogP contribution < -0.4 is 0 Å². The zero-order valence-electron chi connectivity index (χ0n) is 16.1. The zero-order chi connectivity index (χ0) is 18.7. The molecule has 1 aromatic heterocycles. The van der Waals surface area contributed by atoms with Gasteiger partial charge in [0.05, 0.1) is 37.6 Å². The molecular formula is C21H30N2O3. The SMILES string of the molecule is C=C(O)c1cc2cc(COCCN3CCOCC3)cc(C(C)C)c2n1C. The summed E-state index contributed by atoms with van der Waals surface area (Å²) in [6, 6.07) is 6.38. The number of nitrogens with zero attached hydrogens (tertiary/aromatic N) is 2. The molecule has 0 unspecified atom stereocenters. The fraction of sp³-hybridized carbons (Fsp3) is 0.524. The highest BCUT2D eigenvalue weighted by molar-refractivity contribution is 5.88. The summed E-state index contributed by atoms with van der Waals surface area (Å²) in [5.74, 6) is 0.487. The summed E-state index contributed by atoms with van der Waals surface area (Å²) in [7, 11) is 1.98. The molecule has 5 heteroatoms. The van der Waals surface area contributed by atoms with Crippen LogP contribution in [0.15, 0.2) is 24.8 Å². The van der Waals surface area contributed by atoms with Gasteiger partial charge in [-0.05, 0) is 29.2 Å². The molecule has 26 heavy (non-hydrogen) atoms. The van der Waals surface area contributed by atoms with Gasteiger partial charge in [-0.3, -0.25) is 4.90 Å². The number of rotatable bonds is 7. The normalized spacial score (nSPS) is 15.8. The van der Waals surface area contributed by atoms with E-state index in [1.807, 2.05) is 17.7 Å². The molecule has 0 radical (unpaired) electrons. The largest absolute Gasteiger partial charge is 0.506 e. The first kappa shape index (κ1) is 19.0. The quantitative estimate of drug-likeness (QED) is 0.606. The highest BCUT2D eigenvalue weighted by atomic mass is 16.5. The number of aromatic nitrogens is 1. The van der Waals surface area contributed by atoms with Gasteiger partial charge in [-0.2, -0.15) is 0 Å². The number of aliphatic hydroxyl groups excluding tert-OH is 1. The maximum absolute atomic E-state index is 9.85. The molecule has 1 aromatic carbocycles. The Hall–Kier alpha value is -1.82. The molecule has 0 saturated carbocycles. The summed E-state index contributed by atoms with van der Waals surface area (Å²) in [6.45, 7) is 14.0. The van der Waals surface area contributed by atoms with E-state index in [0.29, 0.717) is 12.5 Å². The second-order valence-electron chi connectivity index (χ2n) is 7.32. The predicted octanol–water partition coefficient (Wildman–Crippen LogP) is 3.68. The van der Waals surface area contributed by atoms with Crippen molar-refractivity contribution in [3.05, 3.63) is 41.6 Å². The average molecular weight is 358 g/mol. The van der Waals surface area contributed by atoms with Crippen LogP contribution >= 0.6 is 0 Å². The van der Waals surface area contributed by atoms with Crippen LogP contribution in [0.3, 0.4) is 0 Å². The first-order chi connectivity index (χ1) is 12.5. The molecule has 0 atom stereocenters. The number of benzene rings is 1. The van der Waals surface area contributed by atoms with E-state index in [9.17, 15) is 5.11 Å². The summed E-state index contributed by atoms with van der Waals surface area (Å²) in [6.07, 6.45) is 0.